The van der Waals surface area contributed by atoms with Crippen LogP contribution in [0, 0.1) is 17.2 Å². The summed E-state index contributed by atoms with van der Waals surface area (Å²) in [7, 11) is -4.34. The fraction of sp³-hybridized carbons (Fsp3) is 0.333. The second-order valence-electron chi connectivity index (χ2n) is 9.58. The van der Waals surface area contributed by atoms with Gasteiger partial charge in [0.25, 0.3) is 0 Å². The Morgan fingerprint density at radius 2 is 1.82 bits per heavy atom. The molecule has 3 atom stereocenters. The van der Waals surface area contributed by atoms with Crippen LogP contribution in [-0.2, 0) is 16.0 Å². The molecule has 2 aromatic carbocycles. The Morgan fingerprint density at radius 1 is 1.11 bits per heavy atom. The minimum absolute atomic E-state index is 0.0484. The highest BCUT2D eigenvalue weighted by Gasteiger charge is 2.43. The monoisotopic (exact) mass is 540 g/mol. The lowest BCUT2D eigenvalue weighted by molar-refractivity contribution is -0.139. The highest BCUT2D eigenvalue weighted by Crippen LogP contribution is 2.50. The Hall–Kier alpha value is -3.78. The molecule has 2 unspecified atom stereocenters. The fourth-order valence-electron chi connectivity index (χ4n) is 5.10. The van der Waals surface area contributed by atoms with E-state index in [1.807, 2.05) is 36.4 Å². The smallest absolute Gasteiger partial charge is 0.355 e. The molecule has 196 valence electrons. The molecule has 2 aliphatic rings. The van der Waals surface area contributed by atoms with Crippen molar-refractivity contribution in [1.82, 2.24) is 9.97 Å². The maximum atomic E-state index is 13.5. The first kappa shape index (κ1) is 25.9. The molecule has 7 nitrogen and oxygen atoms in total. The summed E-state index contributed by atoms with van der Waals surface area (Å²) in [6.45, 7) is -0.0108. The summed E-state index contributed by atoms with van der Waals surface area (Å²) < 4.78 is 67.1. The van der Waals surface area contributed by atoms with E-state index in [0.717, 1.165) is 30.2 Å². The number of aromatic nitrogens is 2. The minimum Gasteiger partial charge on any atom is -0.355 e. The van der Waals surface area contributed by atoms with Crippen LogP contribution in [0.2, 0.25) is 0 Å². The second-order valence-corrected chi connectivity index (χ2v) is 11.8. The quantitative estimate of drug-likeness (QED) is 0.397. The maximum Gasteiger partial charge on any atom is 0.417 e. The van der Waals surface area contributed by atoms with Crippen molar-refractivity contribution in [3.05, 3.63) is 83.3 Å². The first-order valence-electron chi connectivity index (χ1n) is 12.1. The number of hydrogen-bond donors (Lipinski definition) is 0. The number of anilines is 1. The van der Waals surface area contributed by atoms with E-state index in [4.69, 9.17) is 0 Å². The number of sulfone groups is 1. The number of carbonyl (C=O) groups excluding carboxylic acids is 1. The van der Waals surface area contributed by atoms with E-state index in [1.165, 1.54) is 12.3 Å². The number of hydrogen-bond acceptors (Lipinski definition) is 7. The molecule has 3 aromatic rings. The third-order valence-electron chi connectivity index (χ3n) is 7.15. The van der Waals surface area contributed by atoms with E-state index in [2.05, 4.69) is 9.97 Å². The van der Waals surface area contributed by atoms with Crippen molar-refractivity contribution in [2.24, 2.45) is 5.92 Å². The predicted molar refractivity (Wildman–Crippen MR) is 132 cm³/mol. The first-order valence-corrected chi connectivity index (χ1v) is 13.6. The Balaban J connectivity index is 1.38. The molecule has 1 aliphatic heterocycles. The summed E-state index contributed by atoms with van der Waals surface area (Å²) >= 11 is 0. The number of rotatable bonds is 7. The van der Waals surface area contributed by atoms with Gasteiger partial charge in [0.15, 0.2) is 15.6 Å². The summed E-state index contributed by atoms with van der Waals surface area (Å²) in [5.74, 6) is 0.164. The molecular weight excluding hydrogens is 517 g/mol. The number of halogens is 3. The van der Waals surface area contributed by atoms with Gasteiger partial charge in [-0.15, -0.1) is 0 Å². The van der Waals surface area contributed by atoms with E-state index in [-0.39, 0.29) is 60.8 Å². The van der Waals surface area contributed by atoms with Gasteiger partial charge in [-0.2, -0.15) is 18.4 Å². The number of nitriles is 1. The molecule has 5 rings (SSSR count). The van der Waals surface area contributed by atoms with Crippen molar-refractivity contribution in [3.63, 3.8) is 0 Å². The number of Topliss-reactive ketones (excluding diaryl/α,β-unsaturated/α-hetero) is 1. The normalized spacial score (nSPS) is 21.2. The van der Waals surface area contributed by atoms with E-state index in [9.17, 15) is 31.6 Å². The number of ketones is 1. The van der Waals surface area contributed by atoms with Crippen molar-refractivity contribution in [2.75, 3.05) is 18.0 Å². The van der Waals surface area contributed by atoms with Crippen molar-refractivity contribution in [2.45, 2.75) is 41.5 Å². The Kier molecular flexibility index (Phi) is 6.69. The highest BCUT2D eigenvalue weighted by molar-refractivity contribution is 7.92. The largest absolute Gasteiger partial charge is 0.417 e. The van der Waals surface area contributed by atoms with Gasteiger partial charge in [0.05, 0.1) is 21.3 Å². The lowest BCUT2D eigenvalue weighted by atomic mass is 10.0. The molecule has 2 heterocycles. The molecule has 11 heteroatoms. The number of nitrogens with zero attached hydrogens (tertiary/aromatic N) is 4. The van der Waals surface area contributed by atoms with Gasteiger partial charge >= 0.3 is 6.18 Å². The van der Waals surface area contributed by atoms with Crippen LogP contribution >= 0.6 is 0 Å². The van der Waals surface area contributed by atoms with Crippen LogP contribution in [0.4, 0.5) is 19.0 Å². The van der Waals surface area contributed by atoms with Gasteiger partial charge in [-0.05, 0) is 42.4 Å². The van der Waals surface area contributed by atoms with Crippen molar-refractivity contribution < 1.29 is 26.4 Å². The van der Waals surface area contributed by atoms with E-state index < -0.39 is 31.7 Å². The first-order chi connectivity index (χ1) is 18.1. The van der Waals surface area contributed by atoms with E-state index in [0.29, 0.717) is 0 Å². The molecule has 38 heavy (non-hydrogen) atoms. The molecule has 0 radical (unpaired) electrons. The zero-order chi connectivity index (χ0) is 27.1. The molecule has 0 N–H and O–H groups in total. The van der Waals surface area contributed by atoms with E-state index >= 15 is 0 Å². The summed E-state index contributed by atoms with van der Waals surface area (Å²) in [4.78, 5) is 22.2. The molecule has 2 fully saturated rings. The third kappa shape index (κ3) is 5.00. The van der Waals surface area contributed by atoms with Gasteiger partial charge in [0.1, 0.15) is 11.9 Å². The van der Waals surface area contributed by atoms with Crippen LogP contribution in [0.25, 0.3) is 0 Å². The molecule has 0 amide bonds. The van der Waals surface area contributed by atoms with Crippen molar-refractivity contribution >= 4 is 21.4 Å². The lowest BCUT2D eigenvalue weighted by Crippen LogP contribution is -2.30. The van der Waals surface area contributed by atoms with Crippen LogP contribution < -0.4 is 4.90 Å². The van der Waals surface area contributed by atoms with Crippen molar-refractivity contribution in [3.8, 4) is 6.07 Å². The van der Waals surface area contributed by atoms with Gasteiger partial charge in [0.2, 0.25) is 5.82 Å². The average molecular weight is 541 g/mol. The predicted octanol–water partition coefficient (Wildman–Crippen LogP) is 4.80. The highest BCUT2D eigenvalue weighted by atomic mass is 32.2. The molecule has 0 bridgehead atoms. The Bertz CT molecular complexity index is 1520. The molecule has 1 saturated carbocycles. The topological polar surface area (TPSA) is 104 Å². The van der Waals surface area contributed by atoms with Crippen LogP contribution in [0.1, 0.15) is 52.5 Å². The van der Waals surface area contributed by atoms with Crippen molar-refractivity contribution in [1.29, 1.82) is 5.26 Å². The number of alkyl halides is 3. The molecular formula is C27H23F3N4O3S. The Labute approximate surface area is 217 Å². The van der Waals surface area contributed by atoms with Crippen LogP contribution in [0.15, 0.2) is 65.7 Å². The number of benzene rings is 2. The minimum atomic E-state index is -4.82. The molecule has 1 saturated heterocycles. The fourth-order valence-corrected chi connectivity index (χ4v) is 7.01. The van der Waals surface area contributed by atoms with Gasteiger partial charge in [-0.3, -0.25) is 4.79 Å². The van der Waals surface area contributed by atoms with Crippen LogP contribution in [-0.4, -0.2) is 42.5 Å². The third-order valence-corrected chi connectivity index (χ3v) is 9.38. The summed E-state index contributed by atoms with van der Waals surface area (Å²) in [5, 5.41) is 8.17. The van der Waals surface area contributed by atoms with Gasteiger partial charge in [-0.25, -0.2) is 18.4 Å². The van der Waals surface area contributed by atoms with Gasteiger partial charge in [0, 0.05) is 25.7 Å². The van der Waals surface area contributed by atoms with E-state index in [1.54, 1.807) is 4.90 Å². The maximum absolute atomic E-state index is 13.5. The zero-order valence-electron chi connectivity index (χ0n) is 20.1. The van der Waals surface area contributed by atoms with Crippen LogP contribution in [0.5, 0.6) is 0 Å². The molecule has 1 aliphatic carbocycles. The zero-order valence-corrected chi connectivity index (χ0v) is 20.9. The number of carbonyl (C=O) groups is 1. The standard InChI is InChI=1S/C27H23F3N4O3S/c28-27(29,30)22-8-4-5-9-24(22)38(36,37)19-10-11-34(16-19)26-21(15-32-25(14-31)33-26)23(35)13-18-12-20(18)17-6-2-1-3-7-17/h1-9,15,18-20H,10-13,16H2/t18?,19-,20?/m0/s1. The van der Waals surface area contributed by atoms with Gasteiger partial charge in [-0.1, -0.05) is 42.5 Å². The Morgan fingerprint density at radius 3 is 2.53 bits per heavy atom. The summed E-state index contributed by atoms with van der Waals surface area (Å²) in [6.07, 6.45) is -2.38. The molecule has 0 spiro atoms. The second kappa shape index (κ2) is 9.83. The lowest BCUT2D eigenvalue weighted by Gasteiger charge is -2.21. The summed E-state index contributed by atoms with van der Waals surface area (Å²) in [5.41, 5.74) is 0.130. The van der Waals surface area contributed by atoms with Crippen LogP contribution in [0.3, 0.4) is 0 Å². The molecule has 1 aromatic heterocycles. The van der Waals surface area contributed by atoms with Gasteiger partial charge < -0.3 is 4.90 Å². The SMILES string of the molecule is N#Cc1ncc(C(=O)CC2CC2c2ccccc2)c(N2CC[C@H](S(=O)(=O)c3ccccc3C(F)(F)F)C2)n1. The summed E-state index contributed by atoms with van der Waals surface area (Å²) in [6, 6.07) is 15.8. The average Bonchev–Trinajstić information content (AvgIpc) is 3.48.